The van der Waals surface area contributed by atoms with E-state index in [1.165, 1.54) is 20.2 Å². The van der Waals surface area contributed by atoms with Gasteiger partial charge in [0.05, 0.1) is 0 Å². The van der Waals surface area contributed by atoms with E-state index in [0.717, 1.165) is 12.3 Å². The van der Waals surface area contributed by atoms with Gasteiger partial charge in [0.1, 0.15) is 0 Å². The van der Waals surface area contributed by atoms with Gasteiger partial charge >= 0.3 is 143 Å². The molecule has 0 amide bonds. The van der Waals surface area contributed by atoms with Crippen molar-refractivity contribution in [2.24, 2.45) is 0 Å². The SMILES string of the molecule is COc1ccc(NCc2ccccc2)c([Se]c2ccccc2)c1. The Morgan fingerprint density at radius 3 is 2.26 bits per heavy atom. The summed E-state index contributed by atoms with van der Waals surface area (Å²) in [5.41, 5.74) is 2.46. The van der Waals surface area contributed by atoms with Gasteiger partial charge < -0.3 is 0 Å². The van der Waals surface area contributed by atoms with E-state index < -0.39 is 0 Å². The van der Waals surface area contributed by atoms with E-state index in [9.17, 15) is 0 Å². The van der Waals surface area contributed by atoms with Crippen LogP contribution < -0.4 is 19.0 Å². The first-order valence-corrected chi connectivity index (χ1v) is 9.25. The normalized spacial score (nSPS) is 10.3. The van der Waals surface area contributed by atoms with E-state index in [2.05, 4.69) is 72.0 Å². The summed E-state index contributed by atoms with van der Waals surface area (Å²) in [5.74, 6) is 0.906. The molecule has 0 aliphatic heterocycles. The van der Waals surface area contributed by atoms with Crippen molar-refractivity contribution < 1.29 is 4.74 Å². The summed E-state index contributed by atoms with van der Waals surface area (Å²) in [6, 6.07) is 27.3. The third kappa shape index (κ3) is 4.38. The summed E-state index contributed by atoms with van der Waals surface area (Å²) < 4.78 is 8.05. The van der Waals surface area contributed by atoms with Gasteiger partial charge in [0.25, 0.3) is 0 Å². The predicted molar refractivity (Wildman–Crippen MR) is 98.2 cm³/mol. The number of benzene rings is 3. The number of hydrogen-bond donors (Lipinski definition) is 1. The first-order chi connectivity index (χ1) is 11.3. The number of nitrogens with one attached hydrogen (secondary N) is 1. The topological polar surface area (TPSA) is 21.3 Å². The number of rotatable bonds is 6. The molecule has 116 valence electrons. The van der Waals surface area contributed by atoms with Crippen LogP contribution in [0.3, 0.4) is 0 Å². The van der Waals surface area contributed by atoms with Gasteiger partial charge in [-0.25, -0.2) is 0 Å². The van der Waals surface area contributed by atoms with Gasteiger partial charge in [0.2, 0.25) is 0 Å². The van der Waals surface area contributed by atoms with Crippen LogP contribution in [0, 0.1) is 0 Å². The molecular weight excluding hydrogens is 349 g/mol. The second-order valence-corrected chi connectivity index (χ2v) is 7.46. The van der Waals surface area contributed by atoms with Gasteiger partial charge in [-0.3, -0.25) is 0 Å². The first kappa shape index (κ1) is 15.7. The second kappa shape index (κ2) is 7.87. The van der Waals surface area contributed by atoms with Crippen molar-refractivity contribution in [3.8, 4) is 5.75 Å². The van der Waals surface area contributed by atoms with E-state index in [4.69, 9.17) is 4.74 Å². The Hall–Kier alpha value is -2.22. The molecule has 0 aliphatic carbocycles. The Balaban J connectivity index is 1.81. The molecule has 3 aromatic rings. The fourth-order valence-electron chi connectivity index (χ4n) is 2.27. The monoisotopic (exact) mass is 369 g/mol. The standard InChI is InChI=1S/C20H19NOSe/c1-22-17-12-13-19(21-15-16-8-4-2-5-9-16)20(14-17)23-18-10-6-3-7-11-18/h2-14,21H,15H2,1H3. The maximum atomic E-state index is 5.39. The van der Waals surface area contributed by atoms with Crippen LogP contribution in [0.5, 0.6) is 5.75 Å². The van der Waals surface area contributed by atoms with E-state index in [0.29, 0.717) is 0 Å². The Morgan fingerprint density at radius 1 is 0.870 bits per heavy atom. The third-order valence-electron chi connectivity index (χ3n) is 3.49. The van der Waals surface area contributed by atoms with Gasteiger partial charge in [0.15, 0.2) is 0 Å². The van der Waals surface area contributed by atoms with Crippen LogP contribution in [-0.2, 0) is 6.54 Å². The van der Waals surface area contributed by atoms with Crippen molar-refractivity contribution in [2.45, 2.75) is 6.54 Å². The molecule has 0 saturated heterocycles. The third-order valence-corrected chi connectivity index (χ3v) is 5.72. The van der Waals surface area contributed by atoms with Gasteiger partial charge in [-0.15, -0.1) is 0 Å². The van der Waals surface area contributed by atoms with Gasteiger partial charge in [0, 0.05) is 0 Å². The molecule has 0 heterocycles. The van der Waals surface area contributed by atoms with Crippen LogP contribution >= 0.6 is 0 Å². The van der Waals surface area contributed by atoms with Crippen LogP contribution in [0.15, 0.2) is 78.9 Å². The van der Waals surface area contributed by atoms with Crippen molar-refractivity contribution in [2.75, 3.05) is 12.4 Å². The molecule has 0 atom stereocenters. The molecule has 0 unspecified atom stereocenters. The van der Waals surface area contributed by atoms with Gasteiger partial charge in [-0.05, 0) is 0 Å². The van der Waals surface area contributed by atoms with E-state index >= 15 is 0 Å². The minimum absolute atomic E-state index is 0.245. The Kier molecular flexibility index (Phi) is 5.36. The van der Waals surface area contributed by atoms with Gasteiger partial charge in [-0.1, -0.05) is 0 Å². The molecule has 0 bridgehead atoms. The van der Waals surface area contributed by atoms with Crippen LogP contribution in [0.2, 0.25) is 0 Å². The summed E-state index contributed by atoms with van der Waals surface area (Å²) >= 11 is 0.245. The van der Waals surface area contributed by atoms with Crippen molar-refractivity contribution in [1.29, 1.82) is 0 Å². The van der Waals surface area contributed by atoms with Crippen molar-refractivity contribution in [3.63, 3.8) is 0 Å². The zero-order valence-electron chi connectivity index (χ0n) is 13.0. The number of hydrogen-bond acceptors (Lipinski definition) is 2. The Labute approximate surface area is 143 Å². The second-order valence-electron chi connectivity index (χ2n) is 5.12. The molecule has 1 N–H and O–H groups in total. The fraction of sp³-hybridized carbons (Fsp3) is 0.100. The van der Waals surface area contributed by atoms with Crippen LogP contribution in [-0.4, -0.2) is 22.1 Å². The van der Waals surface area contributed by atoms with E-state index in [1.807, 2.05) is 12.1 Å². The molecule has 0 aromatic heterocycles. The number of anilines is 1. The fourth-order valence-corrected chi connectivity index (χ4v) is 4.31. The van der Waals surface area contributed by atoms with Crippen LogP contribution in [0.4, 0.5) is 5.69 Å². The summed E-state index contributed by atoms with van der Waals surface area (Å²) in [6.45, 7) is 0.824. The van der Waals surface area contributed by atoms with Crippen LogP contribution in [0.25, 0.3) is 0 Å². The zero-order valence-corrected chi connectivity index (χ0v) is 14.7. The average Bonchev–Trinajstić information content (AvgIpc) is 2.62. The molecule has 0 radical (unpaired) electrons. The number of ether oxygens (including phenoxy) is 1. The number of methoxy groups -OCH3 is 1. The summed E-state index contributed by atoms with van der Waals surface area (Å²) in [7, 11) is 1.71. The molecule has 3 aromatic carbocycles. The quantitative estimate of drug-likeness (QED) is 0.676. The Morgan fingerprint density at radius 2 is 1.57 bits per heavy atom. The summed E-state index contributed by atoms with van der Waals surface area (Å²) in [6.07, 6.45) is 0. The summed E-state index contributed by atoms with van der Waals surface area (Å²) in [5, 5.41) is 3.56. The van der Waals surface area contributed by atoms with Gasteiger partial charge in [-0.2, -0.15) is 0 Å². The average molecular weight is 368 g/mol. The molecule has 0 spiro atoms. The molecule has 23 heavy (non-hydrogen) atoms. The Bertz CT molecular complexity index is 744. The first-order valence-electron chi connectivity index (χ1n) is 7.54. The summed E-state index contributed by atoms with van der Waals surface area (Å²) in [4.78, 5) is 0. The minimum atomic E-state index is 0.245. The molecule has 2 nitrogen and oxygen atoms in total. The zero-order chi connectivity index (χ0) is 15.9. The molecule has 0 aliphatic rings. The molecule has 0 fully saturated rings. The van der Waals surface area contributed by atoms with Crippen molar-refractivity contribution in [1.82, 2.24) is 0 Å². The molecular formula is C20H19NOSe. The molecule has 3 rings (SSSR count). The molecule has 3 heteroatoms. The van der Waals surface area contributed by atoms with Crippen molar-refractivity contribution >= 4 is 29.6 Å². The maximum absolute atomic E-state index is 5.39. The van der Waals surface area contributed by atoms with Crippen molar-refractivity contribution in [3.05, 3.63) is 84.4 Å². The molecule has 0 saturated carbocycles. The predicted octanol–water partition coefficient (Wildman–Crippen LogP) is 2.96. The van der Waals surface area contributed by atoms with E-state index in [-0.39, 0.29) is 15.0 Å². The van der Waals surface area contributed by atoms with E-state index in [1.54, 1.807) is 7.11 Å². The van der Waals surface area contributed by atoms with Crippen LogP contribution in [0.1, 0.15) is 5.56 Å².